The Morgan fingerprint density at radius 2 is 1.86 bits per heavy atom. The lowest BCUT2D eigenvalue weighted by Crippen LogP contribution is -2.24. The van der Waals surface area contributed by atoms with E-state index in [0.717, 1.165) is 0 Å². The Morgan fingerprint density at radius 3 is 2.52 bits per heavy atom. The number of nitrogens with one attached hydrogen (secondary N) is 3. The summed E-state index contributed by atoms with van der Waals surface area (Å²) in [5.74, 6) is 0.0682. The van der Waals surface area contributed by atoms with Gasteiger partial charge in [-0.3, -0.25) is 19.0 Å². The molecule has 8 heteroatoms. The molecule has 2 aromatic rings. The summed E-state index contributed by atoms with van der Waals surface area (Å²) in [4.78, 5) is 27.8. The highest BCUT2D eigenvalue weighted by molar-refractivity contribution is 7.85. The smallest absolute Gasteiger partial charge is 0.327 e. The lowest BCUT2D eigenvalue weighted by Gasteiger charge is -2.13. The van der Waals surface area contributed by atoms with E-state index >= 15 is 0 Å². The van der Waals surface area contributed by atoms with Gasteiger partial charge in [-0.1, -0.05) is 37.6 Å². The number of rotatable bonds is 4. The molecule has 1 aromatic heterocycles. The third kappa shape index (κ3) is 3.43. The Balaban J connectivity index is 2.48. The summed E-state index contributed by atoms with van der Waals surface area (Å²) in [7, 11) is -1.22. The first-order chi connectivity index (χ1) is 9.90. The number of hydrogen-bond acceptors (Lipinski definition) is 4. The molecule has 112 valence electrons. The molecule has 0 spiro atoms. The van der Waals surface area contributed by atoms with Gasteiger partial charge < -0.3 is 5.32 Å². The summed E-state index contributed by atoms with van der Waals surface area (Å²) in [5, 5.41) is 2.62. The molecule has 0 aliphatic carbocycles. The maximum absolute atomic E-state index is 12.3. The molecule has 0 aliphatic heterocycles. The molecule has 0 aliphatic rings. The number of aromatic amines is 2. The molecule has 1 aromatic carbocycles. The predicted octanol–water partition coefficient (Wildman–Crippen LogP) is 1.98. The quantitative estimate of drug-likeness (QED) is 0.800. The van der Waals surface area contributed by atoms with E-state index in [9.17, 15) is 13.8 Å². The van der Waals surface area contributed by atoms with Gasteiger partial charge in [0.25, 0.3) is 5.56 Å². The molecule has 0 bridgehead atoms. The normalized spacial score (nSPS) is 12.4. The van der Waals surface area contributed by atoms with Crippen LogP contribution in [0.4, 0.5) is 11.5 Å². The first kappa shape index (κ1) is 15.5. The zero-order valence-electron chi connectivity index (χ0n) is 11.4. The molecular formula is C13H14ClN3O3S. The lowest BCUT2D eigenvalue weighted by atomic mass is 10.3. The third-order valence-corrected chi connectivity index (χ3v) is 4.68. The molecule has 2 rings (SSSR count). The number of H-pyrrole nitrogens is 2. The van der Waals surface area contributed by atoms with Gasteiger partial charge in [-0.25, -0.2) is 4.79 Å². The van der Waals surface area contributed by atoms with Crippen LogP contribution in [-0.2, 0) is 10.8 Å². The average Bonchev–Trinajstić information content (AvgIpc) is 2.44. The SMILES string of the molecule is CC(C)S(=O)c1ccccc1Nc1[nH]c(=O)[nH]c(=O)c1Cl. The first-order valence-corrected chi connectivity index (χ1v) is 7.78. The van der Waals surface area contributed by atoms with Crippen LogP contribution in [0.25, 0.3) is 0 Å². The minimum atomic E-state index is -1.22. The Morgan fingerprint density at radius 1 is 1.19 bits per heavy atom. The fourth-order valence-corrected chi connectivity index (χ4v) is 2.89. The van der Waals surface area contributed by atoms with E-state index in [1.165, 1.54) is 0 Å². The monoisotopic (exact) mass is 327 g/mol. The van der Waals surface area contributed by atoms with Crippen molar-refractivity contribution in [1.29, 1.82) is 0 Å². The maximum Gasteiger partial charge on any atom is 0.327 e. The number of benzene rings is 1. The van der Waals surface area contributed by atoms with Gasteiger partial charge in [0.2, 0.25) is 0 Å². The minimum Gasteiger partial charge on any atom is -0.339 e. The molecule has 1 unspecified atom stereocenters. The lowest BCUT2D eigenvalue weighted by molar-refractivity contribution is 0.677. The van der Waals surface area contributed by atoms with E-state index in [1.54, 1.807) is 24.3 Å². The Bertz CT molecular complexity index is 798. The van der Waals surface area contributed by atoms with E-state index in [0.29, 0.717) is 10.6 Å². The number of anilines is 2. The summed E-state index contributed by atoms with van der Waals surface area (Å²) >= 11 is 5.86. The van der Waals surface area contributed by atoms with Crippen molar-refractivity contribution in [2.24, 2.45) is 0 Å². The van der Waals surface area contributed by atoms with Gasteiger partial charge >= 0.3 is 5.69 Å². The second-order valence-electron chi connectivity index (χ2n) is 4.56. The van der Waals surface area contributed by atoms with Crippen LogP contribution in [0.3, 0.4) is 0 Å². The number of hydrogen-bond donors (Lipinski definition) is 3. The number of para-hydroxylation sites is 1. The van der Waals surface area contributed by atoms with Gasteiger partial charge in [0, 0.05) is 5.25 Å². The Kier molecular flexibility index (Phi) is 4.64. The van der Waals surface area contributed by atoms with Crippen molar-refractivity contribution in [1.82, 2.24) is 9.97 Å². The van der Waals surface area contributed by atoms with Crippen molar-refractivity contribution in [3.63, 3.8) is 0 Å². The van der Waals surface area contributed by atoms with Crippen molar-refractivity contribution in [2.75, 3.05) is 5.32 Å². The van der Waals surface area contributed by atoms with Crippen molar-refractivity contribution in [2.45, 2.75) is 24.0 Å². The highest BCUT2D eigenvalue weighted by Crippen LogP contribution is 2.26. The molecule has 0 fully saturated rings. The molecule has 1 atom stereocenters. The topological polar surface area (TPSA) is 94.8 Å². The largest absolute Gasteiger partial charge is 0.339 e. The fraction of sp³-hybridized carbons (Fsp3) is 0.231. The van der Waals surface area contributed by atoms with E-state index in [1.807, 2.05) is 18.8 Å². The number of aromatic nitrogens is 2. The fourth-order valence-electron chi connectivity index (χ4n) is 1.69. The molecule has 0 radical (unpaired) electrons. The summed E-state index contributed by atoms with van der Waals surface area (Å²) in [6, 6.07) is 6.94. The van der Waals surface area contributed by atoms with Crippen LogP contribution in [0.15, 0.2) is 38.8 Å². The highest BCUT2D eigenvalue weighted by Gasteiger charge is 2.15. The Hall–Kier alpha value is -1.86. The van der Waals surface area contributed by atoms with Gasteiger partial charge in [-0.15, -0.1) is 0 Å². The standard InChI is InChI=1S/C13H14ClN3O3S/c1-7(2)21(20)9-6-4-3-5-8(9)15-11-10(14)12(18)17-13(19)16-11/h3-7H,1-2H3,(H3,15,16,17,18,19). The number of halogens is 1. The van der Waals surface area contributed by atoms with Crippen molar-refractivity contribution in [3.05, 3.63) is 50.1 Å². The van der Waals surface area contributed by atoms with Gasteiger partial charge in [0.1, 0.15) is 10.8 Å². The van der Waals surface area contributed by atoms with Crippen LogP contribution < -0.4 is 16.6 Å². The van der Waals surface area contributed by atoms with Gasteiger partial charge in [0.15, 0.2) is 0 Å². The molecular weight excluding hydrogens is 314 g/mol. The summed E-state index contributed by atoms with van der Waals surface area (Å²) < 4.78 is 12.3. The van der Waals surface area contributed by atoms with Crippen LogP contribution in [0.5, 0.6) is 0 Å². The summed E-state index contributed by atoms with van der Waals surface area (Å²) in [6.45, 7) is 3.68. The molecule has 3 N–H and O–H groups in total. The molecule has 21 heavy (non-hydrogen) atoms. The third-order valence-electron chi connectivity index (χ3n) is 2.68. The van der Waals surface area contributed by atoms with E-state index in [2.05, 4.69) is 10.3 Å². The second-order valence-corrected chi connectivity index (χ2v) is 6.92. The maximum atomic E-state index is 12.3. The summed E-state index contributed by atoms with van der Waals surface area (Å²) in [6.07, 6.45) is 0. The molecule has 0 saturated carbocycles. The molecule has 6 nitrogen and oxygen atoms in total. The van der Waals surface area contributed by atoms with E-state index in [-0.39, 0.29) is 16.1 Å². The van der Waals surface area contributed by atoms with E-state index < -0.39 is 22.0 Å². The minimum absolute atomic E-state index is 0.0679. The van der Waals surface area contributed by atoms with Crippen LogP contribution in [-0.4, -0.2) is 19.4 Å². The summed E-state index contributed by atoms with van der Waals surface area (Å²) in [5.41, 5.74) is -0.840. The van der Waals surface area contributed by atoms with Crippen LogP contribution >= 0.6 is 11.6 Å². The predicted molar refractivity (Wildman–Crippen MR) is 84.0 cm³/mol. The van der Waals surface area contributed by atoms with Crippen LogP contribution in [0, 0.1) is 0 Å². The van der Waals surface area contributed by atoms with Crippen molar-refractivity contribution < 1.29 is 4.21 Å². The van der Waals surface area contributed by atoms with E-state index in [4.69, 9.17) is 11.6 Å². The second kappa shape index (κ2) is 6.28. The first-order valence-electron chi connectivity index (χ1n) is 6.19. The highest BCUT2D eigenvalue weighted by atomic mass is 35.5. The zero-order chi connectivity index (χ0) is 15.6. The van der Waals surface area contributed by atoms with Crippen LogP contribution in [0.1, 0.15) is 13.8 Å². The average molecular weight is 328 g/mol. The van der Waals surface area contributed by atoms with Gasteiger partial charge in [0.05, 0.1) is 21.4 Å². The molecule has 0 amide bonds. The van der Waals surface area contributed by atoms with Crippen molar-refractivity contribution in [3.8, 4) is 0 Å². The van der Waals surface area contributed by atoms with Crippen LogP contribution in [0.2, 0.25) is 5.02 Å². The Labute approximate surface area is 128 Å². The molecule has 1 heterocycles. The van der Waals surface area contributed by atoms with Gasteiger partial charge in [-0.05, 0) is 12.1 Å². The zero-order valence-corrected chi connectivity index (χ0v) is 13.0. The van der Waals surface area contributed by atoms with Gasteiger partial charge in [-0.2, -0.15) is 0 Å². The van der Waals surface area contributed by atoms with Crippen molar-refractivity contribution >= 4 is 33.9 Å². The molecule has 0 saturated heterocycles.